The number of likely N-dealkylation sites (tertiary alicyclic amines) is 1. The number of halogens is 1. The molecule has 0 N–H and O–H groups in total. The summed E-state index contributed by atoms with van der Waals surface area (Å²) in [6.07, 6.45) is 2.72. The van der Waals surface area contributed by atoms with E-state index in [1.807, 2.05) is 29.2 Å². The quantitative estimate of drug-likeness (QED) is 0.777. The van der Waals surface area contributed by atoms with Crippen LogP contribution in [0.3, 0.4) is 0 Å². The highest BCUT2D eigenvalue weighted by Gasteiger charge is 2.35. The van der Waals surface area contributed by atoms with E-state index in [4.69, 9.17) is 16.3 Å². The lowest BCUT2D eigenvalue weighted by Gasteiger charge is -2.40. The maximum atomic E-state index is 13.1. The summed E-state index contributed by atoms with van der Waals surface area (Å²) in [7, 11) is 0. The van der Waals surface area contributed by atoms with Gasteiger partial charge < -0.3 is 14.5 Å². The Labute approximate surface area is 153 Å². The van der Waals surface area contributed by atoms with Gasteiger partial charge in [0, 0.05) is 30.6 Å². The van der Waals surface area contributed by atoms with Crippen molar-refractivity contribution in [2.45, 2.75) is 18.9 Å². The molecule has 0 aliphatic carbocycles. The van der Waals surface area contributed by atoms with Gasteiger partial charge in [0.15, 0.2) is 0 Å². The Morgan fingerprint density at radius 2 is 2.00 bits per heavy atom. The van der Waals surface area contributed by atoms with E-state index in [1.54, 1.807) is 4.90 Å². The van der Waals surface area contributed by atoms with E-state index in [1.165, 1.54) is 6.08 Å². The van der Waals surface area contributed by atoms with Gasteiger partial charge in [-0.2, -0.15) is 0 Å². The molecule has 6 heteroatoms. The lowest BCUT2D eigenvalue weighted by Crippen LogP contribution is -2.48. The van der Waals surface area contributed by atoms with Gasteiger partial charge >= 0.3 is 0 Å². The molecule has 2 aliphatic heterocycles. The molecule has 0 aromatic heterocycles. The molecule has 2 amide bonds. The fourth-order valence-corrected chi connectivity index (χ4v) is 3.77. The lowest BCUT2D eigenvalue weighted by molar-refractivity contribution is -0.147. The van der Waals surface area contributed by atoms with Gasteiger partial charge in [-0.25, -0.2) is 0 Å². The zero-order chi connectivity index (χ0) is 17.8. The van der Waals surface area contributed by atoms with Gasteiger partial charge in [-0.3, -0.25) is 9.59 Å². The summed E-state index contributed by atoms with van der Waals surface area (Å²) in [5.74, 6) is 0.0432. The zero-order valence-electron chi connectivity index (χ0n) is 14.2. The van der Waals surface area contributed by atoms with Crippen molar-refractivity contribution in [1.29, 1.82) is 0 Å². The number of nitrogens with zero attached hydrogens (tertiary/aromatic N) is 2. The predicted octanol–water partition coefficient (Wildman–Crippen LogP) is 2.66. The number of piperidine rings is 1. The van der Waals surface area contributed by atoms with Crippen molar-refractivity contribution in [2.75, 3.05) is 32.8 Å². The van der Waals surface area contributed by atoms with Crippen molar-refractivity contribution >= 4 is 23.4 Å². The van der Waals surface area contributed by atoms with Crippen LogP contribution in [0.25, 0.3) is 0 Å². The Morgan fingerprint density at radius 1 is 1.24 bits per heavy atom. The number of morpholine rings is 1. The van der Waals surface area contributed by atoms with E-state index in [0.717, 1.165) is 5.56 Å². The Kier molecular flexibility index (Phi) is 5.76. The first-order chi connectivity index (χ1) is 12.1. The minimum Gasteiger partial charge on any atom is -0.377 e. The average molecular weight is 363 g/mol. The minimum atomic E-state index is -0.104. The predicted molar refractivity (Wildman–Crippen MR) is 96.2 cm³/mol. The molecule has 0 spiro atoms. The first kappa shape index (κ1) is 18.0. The molecule has 134 valence electrons. The standard InChI is InChI=1S/C19H23ClN2O3/c1-2-18(23)21-8-6-14(7-9-21)19(24)22-10-11-25-13-17(22)15-4-3-5-16(20)12-15/h2-5,12,14,17H,1,6-11,13H2. The fourth-order valence-electron chi connectivity index (χ4n) is 3.57. The summed E-state index contributed by atoms with van der Waals surface area (Å²) >= 11 is 6.11. The molecule has 2 aliphatic rings. The second kappa shape index (κ2) is 8.02. The van der Waals surface area contributed by atoms with Crippen LogP contribution in [0.5, 0.6) is 0 Å². The lowest BCUT2D eigenvalue weighted by atomic mass is 9.93. The Bertz CT molecular complexity index is 656. The highest BCUT2D eigenvalue weighted by molar-refractivity contribution is 6.30. The molecule has 5 nitrogen and oxygen atoms in total. The first-order valence-corrected chi connectivity index (χ1v) is 9.03. The number of carbonyl (C=O) groups is 2. The maximum absolute atomic E-state index is 13.1. The smallest absolute Gasteiger partial charge is 0.245 e. The summed E-state index contributed by atoms with van der Waals surface area (Å²) in [4.78, 5) is 28.5. The van der Waals surface area contributed by atoms with Crippen molar-refractivity contribution in [2.24, 2.45) is 5.92 Å². The topological polar surface area (TPSA) is 49.9 Å². The molecule has 1 atom stereocenters. The maximum Gasteiger partial charge on any atom is 0.245 e. The SMILES string of the molecule is C=CC(=O)N1CCC(C(=O)N2CCOCC2c2cccc(Cl)c2)CC1. The van der Waals surface area contributed by atoms with Crippen molar-refractivity contribution < 1.29 is 14.3 Å². The number of hydrogen-bond donors (Lipinski definition) is 0. The molecule has 25 heavy (non-hydrogen) atoms. The highest BCUT2D eigenvalue weighted by atomic mass is 35.5. The van der Waals surface area contributed by atoms with Crippen molar-refractivity contribution in [3.63, 3.8) is 0 Å². The van der Waals surface area contributed by atoms with Crippen molar-refractivity contribution in [1.82, 2.24) is 9.80 Å². The van der Waals surface area contributed by atoms with Gasteiger partial charge in [-0.15, -0.1) is 0 Å². The normalized spacial score (nSPS) is 21.9. The van der Waals surface area contributed by atoms with Gasteiger partial charge in [0.05, 0.1) is 19.3 Å². The third-order valence-electron chi connectivity index (χ3n) is 4.98. The molecule has 0 bridgehead atoms. The first-order valence-electron chi connectivity index (χ1n) is 8.65. The van der Waals surface area contributed by atoms with Gasteiger partial charge in [0.2, 0.25) is 11.8 Å². The van der Waals surface area contributed by atoms with Crippen LogP contribution in [0.1, 0.15) is 24.4 Å². The summed E-state index contributed by atoms with van der Waals surface area (Å²) < 4.78 is 5.61. The molecule has 0 radical (unpaired) electrons. The van der Waals surface area contributed by atoms with Crippen LogP contribution >= 0.6 is 11.6 Å². The molecule has 0 saturated carbocycles. The van der Waals surface area contributed by atoms with Crippen LogP contribution in [0.2, 0.25) is 5.02 Å². The number of ether oxygens (including phenoxy) is 1. The van der Waals surface area contributed by atoms with Crippen molar-refractivity contribution in [3.8, 4) is 0 Å². The largest absolute Gasteiger partial charge is 0.377 e. The molecule has 1 unspecified atom stereocenters. The molecule has 1 aromatic rings. The minimum absolute atomic E-state index is 0.0475. The van der Waals surface area contributed by atoms with Crippen LogP contribution in [-0.4, -0.2) is 54.5 Å². The van der Waals surface area contributed by atoms with Crippen molar-refractivity contribution in [3.05, 3.63) is 47.5 Å². The average Bonchev–Trinajstić information content (AvgIpc) is 2.67. The number of benzene rings is 1. The Balaban J connectivity index is 1.69. The molecule has 2 saturated heterocycles. The highest BCUT2D eigenvalue weighted by Crippen LogP contribution is 2.30. The molecule has 2 fully saturated rings. The summed E-state index contributed by atoms with van der Waals surface area (Å²) in [5.41, 5.74) is 1.000. The second-order valence-electron chi connectivity index (χ2n) is 6.48. The molecule has 2 heterocycles. The Morgan fingerprint density at radius 3 is 2.68 bits per heavy atom. The van der Waals surface area contributed by atoms with Crippen LogP contribution in [-0.2, 0) is 14.3 Å². The number of rotatable bonds is 3. The van der Waals surface area contributed by atoms with Gasteiger partial charge in [-0.1, -0.05) is 30.3 Å². The number of carbonyl (C=O) groups excluding carboxylic acids is 2. The monoisotopic (exact) mass is 362 g/mol. The summed E-state index contributed by atoms with van der Waals surface area (Å²) in [5, 5.41) is 0.659. The third-order valence-corrected chi connectivity index (χ3v) is 5.21. The fraction of sp³-hybridized carbons (Fsp3) is 0.474. The molecule has 3 rings (SSSR count). The van der Waals surface area contributed by atoms with Crippen LogP contribution < -0.4 is 0 Å². The van der Waals surface area contributed by atoms with Crippen LogP contribution in [0.4, 0.5) is 0 Å². The summed E-state index contributed by atoms with van der Waals surface area (Å²) in [6.45, 7) is 6.36. The Hall–Kier alpha value is -1.85. The van der Waals surface area contributed by atoms with Crippen LogP contribution in [0, 0.1) is 5.92 Å². The number of amides is 2. The zero-order valence-corrected chi connectivity index (χ0v) is 15.0. The van der Waals surface area contributed by atoms with Gasteiger partial charge in [-0.05, 0) is 36.6 Å². The van der Waals surface area contributed by atoms with E-state index in [9.17, 15) is 9.59 Å². The second-order valence-corrected chi connectivity index (χ2v) is 6.92. The van der Waals surface area contributed by atoms with Gasteiger partial charge in [0.25, 0.3) is 0 Å². The van der Waals surface area contributed by atoms with Gasteiger partial charge in [0.1, 0.15) is 0 Å². The summed E-state index contributed by atoms with van der Waals surface area (Å²) in [6, 6.07) is 7.50. The van der Waals surface area contributed by atoms with E-state index >= 15 is 0 Å². The van der Waals surface area contributed by atoms with E-state index < -0.39 is 0 Å². The third kappa shape index (κ3) is 4.05. The van der Waals surface area contributed by atoms with E-state index in [-0.39, 0.29) is 23.8 Å². The molecule has 1 aromatic carbocycles. The number of hydrogen-bond acceptors (Lipinski definition) is 3. The molecular weight excluding hydrogens is 340 g/mol. The molecular formula is C19H23ClN2O3. The van der Waals surface area contributed by atoms with E-state index in [2.05, 4.69) is 6.58 Å². The van der Waals surface area contributed by atoms with Crippen LogP contribution in [0.15, 0.2) is 36.9 Å². The van der Waals surface area contributed by atoms with E-state index in [0.29, 0.717) is 50.7 Å².